The maximum absolute atomic E-state index is 4.98. The maximum atomic E-state index is 4.98. The lowest BCUT2D eigenvalue weighted by Crippen LogP contribution is -2.08. The third kappa shape index (κ3) is 0.904. The molecule has 1 fully saturated rings. The number of rotatable bonds is 1. The summed E-state index contributed by atoms with van der Waals surface area (Å²) in [4.78, 5) is 3.53. The third-order valence-corrected chi connectivity index (χ3v) is 2.28. The van der Waals surface area contributed by atoms with Crippen LogP contribution < -0.4 is 0 Å². The number of aromatic nitrogens is 1. The van der Waals surface area contributed by atoms with Crippen molar-refractivity contribution < 1.29 is 4.42 Å². The molecule has 0 radical (unpaired) electrons. The van der Waals surface area contributed by atoms with Gasteiger partial charge in [-0.2, -0.15) is 0 Å². The van der Waals surface area contributed by atoms with Crippen LogP contribution >= 0.6 is 12.2 Å². The Kier molecular flexibility index (Phi) is 1.38. The van der Waals surface area contributed by atoms with Crippen molar-refractivity contribution in [1.29, 1.82) is 0 Å². The van der Waals surface area contributed by atoms with Crippen LogP contribution in [0.2, 0.25) is 0 Å². The van der Waals surface area contributed by atoms with Gasteiger partial charge in [-0.1, -0.05) is 6.42 Å². The summed E-state index contributed by atoms with van der Waals surface area (Å²) >= 11 is 4.80. The third-order valence-electron chi connectivity index (χ3n) is 2.08. The van der Waals surface area contributed by atoms with Gasteiger partial charge in [0.1, 0.15) is 6.26 Å². The molecule has 0 spiro atoms. The van der Waals surface area contributed by atoms with Crippen LogP contribution in [-0.2, 0) is 0 Å². The molecule has 0 amide bonds. The summed E-state index contributed by atoms with van der Waals surface area (Å²) in [6, 6.07) is 0. The minimum absolute atomic E-state index is 0.502. The standard InChI is InChI=1S/C7H9NOS/c10-7-8-6(4-9-7)5-2-1-3-5/h4-5H,1-3H2,(H,8,10). The van der Waals surface area contributed by atoms with Crippen molar-refractivity contribution in [1.82, 2.24) is 4.98 Å². The van der Waals surface area contributed by atoms with Crippen LogP contribution in [0.25, 0.3) is 0 Å². The van der Waals surface area contributed by atoms with Crippen molar-refractivity contribution in [3.63, 3.8) is 0 Å². The van der Waals surface area contributed by atoms with Gasteiger partial charge in [-0.25, -0.2) is 0 Å². The van der Waals surface area contributed by atoms with Gasteiger partial charge >= 0.3 is 0 Å². The summed E-state index contributed by atoms with van der Waals surface area (Å²) in [5.74, 6) is 0.695. The van der Waals surface area contributed by atoms with Gasteiger partial charge in [-0.3, -0.25) is 0 Å². The highest BCUT2D eigenvalue weighted by atomic mass is 32.1. The monoisotopic (exact) mass is 155 g/mol. The molecule has 0 unspecified atom stereocenters. The first-order valence-electron chi connectivity index (χ1n) is 3.54. The molecule has 0 atom stereocenters. The Hall–Kier alpha value is -0.570. The van der Waals surface area contributed by atoms with E-state index in [1.54, 1.807) is 6.26 Å². The molecule has 2 rings (SSSR count). The van der Waals surface area contributed by atoms with Crippen LogP contribution in [0.5, 0.6) is 0 Å². The first kappa shape index (κ1) is 6.16. The summed E-state index contributed by atoms with van der Waals surface area (Å²) in [6.45, 7) is 0. The normalized spacial score (nSPS) is 18.8. The zero-order valence-electron chi connectivity index (χ0n) is 5.59. The zero-order chi connectivity index (χ0) is 6.97. The van der Waals surface area contributed by atoms with Gasteiger partial charge in [0.05, 0.1) is 5.69 Å². The second-order valence-electron chi connectivity index (χ2n) is 2.73. The van der Waals surface area contributed by atoms with E-state index in [2.05, 4.69) is 4.98 Å². The predicted octanol–water partition coefficient (Wildman–Crippen LogP) is 2.60. The summed E-state index contributed by atoms with van der Waals surface area (Å²) in [5, 5.41) is 0. The van der Waals surface area contributed by atoms with Crippen LogP contribution in [0.1, 0.15) is 30.9 Å². The molecule has 10 heavy (non-hydrogen) atoms. The van der Waals surface area contributed by atoms with Gasteiger partial charge in [0.2, 0.25) is 0 Å². The Bertz CT molecular complexity index is 271. The lowest BCUT2D eigenvalue weighted by Gasteiger charge is -2.22. The lowest BCUT2D eigenvalue weighted by atomic mass is 9.83. The van der Waals surface area contributed by atoms with Crippen molar-refractivity contribution in [2.75, 3.05) is 0 Å². The van der Waals surface area contributed by atoms with E-state index < -0.39 is 0 Å². The summed E-state index contributed by atoms with van der Waals surface area (Å²) in [5.41, 5.74) is 1.18. The van der Waals surface area contributed by atoms with Crippen molar-refractivity contribution in [2.24, 2.45) is 0 Å². The van der Waals surface area contributed by atoms with E-state index in [-0.39, 0.29) is 0 Å². The van der Waals surface area contributed by atoms with E-state index in [9.17, 15) is 0 Å². The molecule has 1 aliphatic carbocycles. The molecular weight excluding hydrogens is 146 g/mol. The molecule has 2 nitrogen and oxygen atoms in total. The van der Waals surface area contributed by atoms with Gasteiger partial charge in [0, 0.05) is 5.92 Å². The highest BCUT2D eigenvalue weighted by Crippen LogP contribution is 2.35. The molecular formula is C7H9NOS. The van der Waals surface area contributed by atoms with Gasteiger partial charge in [0.15, 0.2) is 0 Å². The Morgan fingerprint density at radius 3 is 2.80 bits per heavy atom. The predicted molar refractivity (Wildman–Crippen MR) is 40.5 cm³/mol. The number of oxazole rings is 1. The topological polar surface area (TPSA) is 28.9 Å². The number of hydrogen-bond donors (Lipinski definition) is 1. The van der Waals surface area contributed by atoms with E-state index in [1.165, 1.54) is 25.0 Å². The first-order valence-corrected chi connectivity index (χ1v) is 3.95. The highest BCUT2D eigenvalue weighted by molar-refractivity contribution is 7.71. The van der Waals surface area contributed by atoms with Crippen molar-refractivity contribution >= 4 is 12.2 Å². The fraction of sp³-hybridized carbons (Fsp3) is 0.571. The molecule has 3 heteroatoms. The van der Waals surface area contributed by atoms with Gasteiger partial charge < -0.3 is 9.40 Å². The molecule has 0 bridgehead atoms. The number of aromatic amines is 1. The van der Waals surface area contributed by atoms with Gasteiger partial charge in [-0.15, -0.1) is 0 Å². The maximum Gasteiger partial charge on any atom is 0.266 e. The number of hydrogen-bond acceptors (Lipinski definition) is 2. The van der Waals surface area contributed by atoms with Gasteiger partial charge in [0.25, 0.3) is 4.84 Å². The van der Waals surface area contributed by atoms with E-state index >= 15 is 0 Å². The minimum Gasteiger partial charge on any atom is -0.438 e. The van der Waals surface area contributed by atoms with E-state index in [0.29, 0.717) is 10.8 Å². The quantitative estimate of drug-likeness (QED) is 0.631. The second-order valence-corrected chi connectivity index (χ2v) is 3.10. The van der Waals surface area contributed by atoms with Crippen LogP contribution in [0.3, 0.4) is 0 Å². The molecule has 0 aliphatic heterocycles. The summed E-state index contributed by atoms with van der Waals surface area (Å²) < 4.78 is 4.98. The Balaban J connectivity index is 2.25. The minimum atomic E-state index is 0.502. The molecule has 0 aromatic carbocycles. The van der Waals surface area contributed by atoms with Crippen molar-refractivity contribution in [2.45, 2.75) is 25.2 Å². The first-order chi connectivity index (χ1) is 4.86. The molecule has 1 aromatic heterocycles. The number of nitrogens with one attached hydrogen (secondary N) is 1. The molecule has 1 heterocycles. The fourth-order valence-corrected chi connectivity index (χ4v) is 1.38. The van der Waals surface area contributed by atoms with E-state index in [0.717, 1.165) is 0 Å². The molecule has 1 N–H and O–H groups in total. The zero-order valence-corrected chi connectivity index (χ0v) is 6.41. The highest BCUT2D eigenvalue weighted by Gasteiger charge is 2.20. The Morgan fingerprint density at radius 2 is 2.40 bits per heavy atom. The summed E-state index contributed by atoms with van der Waals surface area (Å²) in [6.07, 6.45) is 5.65. The van der Waals surface area contributed by atoms with Crippen LogP contribution in [0, 0.1) is 4.84 Å². The summed E-state index contributed by atoms with van der Waals surface area (Å²) in [7, 11) is 0. The average molecular weight is 155 g/mol. The Labute approximate surface area is 64.3 Å². The SMILES string of the molecule is S=c1[nH]c(C2CCC2)co1. The Morgan fingerprint density at radius 1 is 1.60 bits per heavy atom. The van der Waals surface area contributed by atoms with Crippen LogP contribution in [-0.4, -0.2) is 4.98 Å². The molecule has 0 saturated heterocycles. The number of H-pyrrole nitrogens is 1. The average Bonchev–Trinajstić information content (AvgIpc) is 2.10. The molecule has 1 saturated carbocycles. The smallest absolute Gasteiger partial charge is 0.266 e. The molecule has 54 valence electrons. The van der Waals surface area contributed by atoms with Crippen LogP contribution in [0.15, 0.2) is 10.7 Å². The van der Waals surface area contributed by atoms with Crippen LogP contribution in [0.4, 0.5) is 0 Å². The lowest BCUT2D eigenvalue weighted by molar-refractivity contribution is 0.409. The van der Waals surface area contributed by atoms with Crippen molar-refractivity contribution in [3.8, 4) is 0 Å². The second kappa shape index (κ2) is 2.23. The van der Waals surface area contributed by atoms with E-state index in [4.69, 9.17) is 16.6 Å². The van der Waals surface area contributed by atoms with Gasteiger partial charge in [-0.05, 0) is 25.1 Å². The fourth-order valence-electron chi connectivity index (χ4n) is 1.21. The van der Waals surface area contributed by atoms with Crippen molar-refractivity contribution in [3.05, 3.63) is 16.8 Å². The van der Waals surface area contributed by atoms with E-state index in [1.807, 2.05) is 0 Å². The molecule has 1 aliphatic rings. The largest absolute Gasteiger partial charge is 0.438 e. The molecule has 1 aromatic rings.